The van der Waals surface area contributed by atoms with Gasteiger partial charge in [0.25, 0.3) is 0 Å². The molecule has 3 N–H and O–H groups in total. The Balaban J connectivity index is 1.77. The lowest BCUT2D eigenvalue weighted by atomic mass is 9.75. The minimum atomic E-state index is -0.749. The van der Waals surface area contributed by atoms with Crippen LogP contribution in [-0.4, -0.2) is 47.1 Å². The van der Waals surface area contributed by atoms with Crippen LogP contribution in [0.3, 0.4) is 0 Å². The molecule has 0 unspecified atom stereocenters. The third kappa shape index (κ3) is 3.51. The van der Waals surface area contributed by atoms with Crippen LogP contribution in [0.4, 0.5) is 0 Å². The van der Waals surface area contributed by atoms with Crippen molar-refractivity contribution in [1.82, 2.24) is 5.32 Å². The highest BCUT2D eigenvalue weighted by Gasteiger charge is 2.41. The lowest BCUT2D eigenvalue weighted by molar-refractivity contribution is -0.151. The normalized spacial score (nSPS) is 32.5. The average Bonchev–Trinajstić information content (AvgIpc) is 2.39. The Kier molecular flexibility index (Phi) is 5.04. The van der Waals surface area contributed by atoms with Crippen LogP contribution in [-0.2, 0) is 9.53 Å². The monoisotopic (exact) mass is 285 g/mol. The summed E-state index contributed by atoms with van der Waals surface area (Å²) >= 11 is 0. The van der Waals surface area contributed by atoms with Crippen LogP contribution in [0.15, 0.2) is 0 Å². The minimum absolute atomic E-state index is 0.0641. The van der Waals surface area contributed by atoms with Gasteiger partial charge in [0.2, 0.25) is 0 Å². The zero-order chi connectivity index (χ0) is 14.6. The van der Waals surface area contributed by atoms with Gasteiger partial charge in [-0.25, -0.2) is 0 Å². The van der Waals surface area contributed by atoms with Gasteiger partial charge in [0, 0.05) is 12.1 Å². The molecule has 20 heavy (non-hydrogen) atoms. The molecule has 0 heterocycles. The third-order valence-corrected chi connectivity index (χ3v) is 4.94. The second-order valence-electron chi connectivity index (χ2n) is 6.40. The van der Waals surface area contributed by atoms with E-state index in [1.54, 1.807) is 0 Å². The van der Waals surface area contributed by atoms with E-state index in [1.165, 1.54) is 0 Å². The van der Waals surface area contributed by atoms with Crippen LogP contribution < -0.4 is 5.32 Å². The topological polar surface area (TPSA) is 78.8 Å². The molecule has 0 bridgehead atoms. The molecule has 116 valence electrons. The van der Waals surface area contributed by atoms with E-state index in [0.29, 0.717) is 38.8 Å². The highest BCUT2D eigenvalue weighted by atomic mass is 16.5. The number of nitrogens with one attached hydrogen (secondary N) is 1. The summed E-state index contributed by atoms with van der Waals surface area (Å²) < 4.78 is 5.04. The average molecular weight is 285 g/mol. The van der Waals surface area contributed by atoms with Crippen LogP contribution in [0, 0.1) is 5.92 Å². The van der Waals surface area contributed by atoms with Gasteiger partial charge in [0.05, 0.1) is 24.7 Å². The molecular weight excluding hydrogens is 258 g/mol. The molecule has 0 radical (unpaired) electrons. The molecule has 0 atom stereocenters. The second-order valence-corrected chi connectivity index (χ2v) is 6.40. The number of aliphatic hydroxyl groups excluding tert-OH is 1. The summed E-state index contributed by atoms with van der Waals surface area (Å²) in [5.74, 6) is -0.195. The summed E-state index contributed by atoms with van der Waals surface area (Å²) in [5, 5.41) is 23.3. The van der Waals surface area contributed by atoms with Crippen LogP contribution >= 0.6 is 0 Å². The van der Waals surface area contributed by atoms with Crippen molar-refractivity contribution in [3.05, 3.63) is 0 Å². The summed E-state index contributed by atoms with van der Waals surface area (Å²) in [5.41, 5.74) is -0.922. The Bertz CT molecular complexity index is 327. The molecule has 0 saturated heterocycles. The number of carbonyl (C=O) groups is 1. The zero-order valence-electron chi connectivity index (χ0n) is 12.4. The molecular formula is C15H27NO4. The fourth-order valence-electron chi connectivity index (χ4n) is 3.17. The largest absolute Gasteiger partial charge is 0.466 e. The van der Waals surface area contributed by atoms with E-state index in [0.717, 1.165) is 19.3 Å². The lowest BCUT2D eigenvalue weighted by Crippen LogP contribution is -2.58. The molecule has 0 aromatic heterocycles. The van der Waals surface area contributed by atoms with Crippen molar-refractivity contribution < 1.29 is 19.7 Å². The van der Waals surface area contributed by atoms with E-state index in [2.05, 4.69) is 5.32 Å². The first-order chi connectivity index (χ1) is 9.52. The predicted molar refractivity (Wildman–Crippen MR) is 75.2 cm³/mol. The van der Waals surface area contributed by atoms with E-state index in [9.17, 15) is 15.0 Å². The Hall–Kier alpha value is -0.650. The second kappa shape index (κ2) is 6.41. The Morgan fingerprint density at radius 3 is 2.40 bits per heavy atom. The predicted octanol–water partition coefficient (Wildman–Crippen LogP) is 0.975. The van der Waals surface area contributed by atoms with E-state index in [1.807, 2.05) is 6.92 Å². The fourth-order valence-corrected chi connectivity index (χ4v) is 3.17. The van der Waals surface area contributed by atoms with Crippen molar-refractivity contribution in [2.24, 2.45) is 5.92 Å². The van der Waals surface area contributed by atoms with Gasteiger partial charge in [-0.1, -0.05) is 0 Å². The summed E-state index contributed by atoms with van der Waals surface area (Å²) in [7, 11) is 0. The molecule has 2 aliphatic rings. The van der Waals surface area contributed by atoms with Gasteiger partial charge in [-0.05, 0) is 51.9 Å². The van der Waals surface area contributed by atoms with Crippen molar-refractivity contribution in [1.29, 1.82) is 0 Å². The van der Waals surface area contributed by atoms with Crippen molar-refractivity contribution in [3.63, 3.8) is 0 Å². The minimum Gasteiger partial charge on any atom is -0.466 e. The van der Waals surface area contributed by atoms with Gasteiger partial charge in [-0.15, -0.1) is 0 Å². The quantitative estimate of drug-likeness (QED) is 0.634. The number of hydrogen-bond donors (Lipinski definition) is 3. The maximum Gasteiger partial charge on any atom is 0.308 e. The van der Waals surface area contributed by atoms with Crippen LogP contribution in [0.5, 0.6) is 0 Å². The lowest BCUT2D eigenvalue weighted by Gasteiger charge is -2.44. The highest BCUT2D eigenvalue weighted by Crippen LogP contribution is 2.35. The molecule has 2 aliphatic carbocycles. The van der Waals surface area contributed by atoms with Crippen LogP contribution in [0.25, 0.3) is 0 Å². The Morgan fingerprint density at radius 1 is 1.30 bits per heavy atom. The summed E-state index contributed by atoms with van der Waals surface area (Å²) in [4.78, 5) is 11.7. The SMILES string of the molecule is CCOC(=O)C1CCC(O)(CNC2(CO)CCC2)CC1. The Morgan fingerprint density at radius 2 is 1.95 bits per heavy atom. The molecule has 2 fully saturated rings. The number of β-amino-alcohol motifs (C(OH)–C–C–N with tert-alkyl or cyclic N) is 1. The first kappa shape index (κ1) is 15.7. The van der Waals surface area contributed by atoms with E-state index < -0.39 is 5.60 Å². The van der Waals surface area contributed by atoms with E-state index in [-0.39, 0.29) is 24.0 Å². The van der Waals surface area contributed by atoms with Crippen molar-refractivity contribution >= 4 is 5.97 Å². The molecule has 5 heteroatoms. The van der Waals surface area contributed by atoms with Gasteiger partial charge in [-0.2, -0.15) is 0 Å². The number of aliphatic hydroxyl groups is 2. The molecule has 2 saturated carbocycles. The van der Waals surface area contributed by atoms with Gasteiger partial charge >= 0.3 is 5.97 Å². The van der Waals surface area contributed by atoms with E-state index in [4.69, 9.17) is 4.74 Å². The molecule has 0 aliphatic heterocycles. The number of hydrogen-bond acceptors (Lipinski definition) is 5. The number of rotatable bonds is 6. The standard InChI is InChI=1S/C15H27NO4/c1-2-20-13(18)12-4-8-15(19,9-5-12)10-16-14(11-17)6-3-7-14/h12,16-17,19H,2-11H2,1H3. The molecule has 0 aromatic carbocycles. The summed E-state index contributed by atoms with van der Waals surface area (Å²) in [6.45, 7) is 2.87. The molecule has 0 spiro atoms. The van der Waals surface area contributed by atoms with Crippen LogP contribution in [0.1, 0.15) is 51.9 Å². The molecule has 5 nitrogen and oxygen atoms in total. The number of ether oxygens (including phenoxy) is 1. The van der Waals surface area contributed by atoms with Gasteiger partial charge in [0.1, 0.15) is 0 Å². The molecule has 0 aromatic rings. The number of esters is 1. The first-order valence-electron chi connectivity index (χ1n) is 7.77. The maximum atomic E-state index is 11.7. The fraction of sp³-hybridized carbons (Fsp3) is 0.933. The van der Waals surface area contributed by atoms with Crippen molar-refractivity contribution in [2.45, 2.75) is 63.0 Å². The highest BCUT2D eigenvalue weighted by molar-refractivity contribution is 5.72. The van der Waals surface area contributed by atoms with Gasteiger partial charge in [0.15, 0.2) is 0 Å². The molecule has 0 amide bonds. The third-order valence-electron chi connectivity index (χ3n) is 4.94. The maximum absolute atomic E-state index is 11.7. The van der Waals surface area contributed by atoms with Gasteiger partial charge in [-0.3, -0.25) is 4.79 Å². The smallest absolute Gasteiger partial charge is 0.308 e. The first-order valence-corrected chi connectivity index (χ1v) is 7.77. The Labute approximate surface area is 120 Å². The van der Waals surface area contributed by atoms with E-state index >= 15 is 0 Å². The van der Waals surface area contributed by atoms with Crippen molar-refractivity contribution in [3.8, 4) is 0 Å². The summed E-state index contributed by atoms with van der Waals surface area (Å²) in [6.07, 6.45) is 5.69. The van der Waals surface area contributed by atoms with Gasteiger partial charge < -0.3 is 20.3 Å². The van der Waals surface area contributed by atoms with Crippen molar-refractivity contribution in [2.75, 3.05) is 19.8 Å². The molecule has 2 rings (SSSR count). The van der Waals surface area contributed by atoms with Crippen LogP contribution in [0.2, 0.25) is 0 Å². The summed E-state index contributed by atoms with van der Waals surface area (Å²) in [6, 6.07) is 0. The number of carbonyl (C=O) groups excluding carboxylic acids is 1. The zero-order valence-corrected chi connectivity index (χ0v) is 12.4.